The van der Waals surface area contributed by atoms with Crippen LogP contribution in [0.5, 0.6) is 0 Å². The van der Waals surface area contributed by atoms with Crippen LogP contribution in [0.1, 0.15) is 106 Å². The number of carbonyl (C=O) groups is 4. The van der Waals surface area contributed by atoms with E-state index in [0.717, 1.165) is 10.5 Å². The monoisotopic (exact) mass is 807 g/mol. The molecule has 4 aliphatic rings. The van der Waals surface area contributed by atoms with E-state index in [0.29, 0.717) is 50.5 Å². The van der Waals surface area contributed by atoms with Gasteiger partial charge in [0.05, 0.1) is 30.5 Å². The van der Waals surface area contributed by atoms with Gasteiger partial charge in [-0.15, -0.1) is 0 Å². The summed E-state index contributed by atoms with van der Waals surface area (Å²) in [6.07, 6.45) is 1.30. The number of carbonyl (C=O) groups excluding carboxylic acids is 4. The summed E-state index contributed by atoms with van der Waals surface area (Å²) in [5.74, 6) is -8.08. The highest BCUT2D eigenvalue weighted by atomic mass is 16.7. The molecule has 0 aromatic heterocycles. The van der Waals surface area contributed by atoms with E-state index in [9.17, 15) is 34.5 Å². The molecular formula is C43H69NO13. The van der Waals surface area contributed by atoms with Gasteiger partial charge in [-0.05, 0) is 89.0 Å². The fourth-order valence-electron chi connectivity index (χ4n) is 9.43. The fraction of sp³-hybridized carbons (Fsp3) is 0.814. The number of hydrogen-bond acceptors (Lipinski definition) is 13. The topological polar surface area (TPSA) is 188 Å². The molecule has 324 valence electrons. The van der Waals surface area contributed by atoms with Gasteiger partial charge in [-0.3, -0.25) is 19.3 Å². The molecule has 14 heteroatoms. The number of aliphatic hydroxyl groups is 3. The first-order valence-corrected chi connectivity index (χ1v) is 20.7. The zero-order chi connectivity index (χ0) is 42.4. The van der Waals surface area contributed by atoms with Crippen LogP contribution in [0.4, 0.5) is 0 Å². The molecule has 1 amide bonds. The van der Waals surface area contributed by atoms with Crippen molar-refractivity contribution in [3.05, 3.63) is 23.3 Å². The van der Waals surface area contributed by atoms with Gasteiger partial charge in [-0.1, -0.05) is 45.4 Å². The number of amides is 1. The minimum absolute atomic E-state index is 0.0148. The van der Waals surface area contributed by atoms with Crippen molar-refractivity contribution in [1.82, 2.24) is 4.90 Å². The number of nitrogens with zero attached hydrogens (tertiary/aromatic N) is 1. The lowest BCUT2D eigenvalue weighted by molar-refractivity contribution is -0.303. The maximum absolute atomic E-state index is 14.5. The molecule has 3 aliphatic heterocycles. The molecule has 3 heterocycles. The first-order valence-electron chi connectivity index (χ1n) is 20.7. The third kappa shape index (κ3) is 11.0. The van der Waals surface area contributed by atoms with Crippen molar-refractivity contribution in [1.29, 1.82) is 0 Å². The van der Waals surface area contributed by atoms with Crippen molar-refractivity contribution in [3.63, 3.8) is 0 Å². The van der Waals surface area contributed by atoms with Crippen molar-refractivity contribution in [2.75, 3.05) is 28.4 Å². The summed E-state index contributed by atoms with van der Waals surface area (Å²) in [7, 11) is 5.97. The van der Waals surface area contributed by atoms with Gasteiger partial charge in [-0.2, -0.15) is 0 Å². The highest BCUT2D eigenvalue weighted by Gasteiger charge is 2.57. The quantitative estimate of drug-likeness (QED) is 0.198. The molecule has 3 N–H and O–H groups in total. The molecule has 15 atom stereocenters. The van der Waals surface area contributed by atoms with E-state index in [2.05, 4.69) is 0 Å². The first kappa shape index (κ1) is 47.1. The number of methoxy groups -OCH3 is 4. The molecule has 0 spiro atoms. The molecule has 3 fully saturated rings. The molecule has 2 bridgehead atoms. The third-order valence-corrected chi connectivity index (χ3v) is 12.9. The Morgan fingerprint density at radius 3 is 2.12 bits per heavy atom. The molecule has 1 aliphatic carbocycles. The highest BCUT2D eigenvalue weighted by Crippen LogP contribution is 2.40. The summed E-state index contributed by atoms with van der Waals surface area (Å²) in [5, 5.41) is 34.1. The molecule has 0 radical (unpaired) electrons. The SMILES string of the molecule is CO[C@H]1C[C@@H](C)C/C(C)=C/[C@@H](C)C(=O)C[C@H](O)[C@@H](C)[C@@H](/C(C)=C/[C@@H]2CC[C@@H](O)[C@H](OC)C2)OC(=O)[C@@H]2CCC[C@H](OC)N2C(=O)C(=O)[C@]2(O)O[C@H]1[C@@H](OC)C[C@H]2C. The Morgan fingerprint density at radius 1 is 0.842 bits per heavy atom. The largest absolute Gasteiger partial charge is 0.456 e. The van der Waals surface area contributed by atoms with Crippen molar-refractivity contribution in [3.8, 4) is 0 Å². The normalized spacial score (nSPS) is 42.4. The Labute approximate surface area is 338 Å². The lowest BCUT2D eigenvalue weighted by Crippen LogP contribution is -2.65. The molecule has 14 nitrogen and oxygen atoms in total. The van der Waals surface area contributed by atoms with Gasteiger partial charge in [0.2, 0.25) is 5.79 Å². The van der Waals surface area contributed by atoms with Crippen molar-refractivity contribution >= 4 is 23.4 Å². The molecule has 4 rings (SSSR count). The maximum Gasteiger partial charge on any atom is 0.329 e. The van der Waals surface area contributed by atoms with E-state index >= 15 is 0 Å². The van der Waals surface area contributed by atoms with Crippen LogP contribution in [-0.4, -0.2) is 133 Å². The minimum atomic E-state index is -2.57. The van der Waals surface area contributed by atoms with E-state index in [-0.39, 0.29) is 43.0 Å². The van der Waals surface area contributed by atoms with Gasteiger partial charge in [0.1, 0.15) is 30.3 Å². The zero-order valence-corrected chi connectivity index (χ0v) is 35.7. The van der Waals surface area contributed by atoms with E-state index < -0.39 is 90.1 Å². The number of Topliss-reactive ketones (excluding diaryl/α,β-unsaturated/α-hetero) is 2. The number of ether oxygens (including phenoxy) is 6. The minimum Gasteiger partial charge on any atom is -0.456 e. The number of hydrogen-bond donors (Lipinski definition) is 3. The van der Waals surface area contributed by atoms with Gasteiger partial charge in [-0.25, -0.2) is 4.79 Å². The second-order valence-electron chi connectivity index (χ2n) is 17.3. The molecule has 1 saturated carbocycles. The van der Waals surface area contributed by atoms with Crippen molar-refractivity contribution < 1.29 is 62.9 Å². The Kier molecular flexibility index (Phi) is 17.0. The van der Waals surface area contributed by atoms with Crippen LogP contribution < -0.4 is 0 Å². The summed E-state index contributed by atoms with van der Waals surface area (Å²) >= 11 is 0. The summed E-state index contributed by atoms with van der Waals surface area (Å²) < 4.78 is 35.4. The second kappa shape index (κ2) is 20.6. The van der Waals surface area contributed by atoms with E-state index in [1.54, 1.807) is 34.8 Å². The summed E-state index contributed by atoms with van der Waals surface area (Å²) in [6, 6.07) is -1.27. The Bertz CT molecular complexity index is 1470. The number of rotatable bonds is 6. The Balaban J connectivity index is 1.79. The Hall–Kier alpha value is -2.56. The van der Waals surface area contributed by atoms with Crippen LogP contribution in [0.25, 0.3) is 0 Å². The van der Waals surface area contributed by atoms with Gasteiger partial charge in [0, 0.05) is 52.6 Å². The zero-order valence-electron chi connectivity index (χ0n) is 35.7. The highest BCUT2D eigenvalue weighted by molar-refractivity contribution is 6.39. The maximum atomic E-state index is 14.5. The molecule has 2 saturated heterocycles. The standard InChI is InChI=1S/C43H69NO13/c1-23-16-24(2)18-35(53-8)39-36(54-9)20-27(5)43(51,57-39)40(48)41(49)44-30(12-11-13-37(44)55-10)42(50)56-38(28(6)33(47)22-32(46)25(3)17-23)26(4)19-29-14-15-31(45)34(21-29)52-7/h17,19,24-25,27-31,33-39,45,47,51H,11-16,18,20-22H2,1-10H3/b23-17+,26-19+/t24-,25+,27+,28+,29-,30-,31+,33-,34+,35-,36-,37-,38+,39+,43+/m0/s1. The van der Waals surface area contributed by atoms with Crippen molar-refractivity contribution in [2.45, 2.75) is 167 Å². The van der Waals surface area contributed by atoms with E-state index in [4.69, 9.17) is 28.4 Å². The number of cyclic esters (lactones) is 1. The summed E-state index contributed by atoms with van der Waals surface area (Å²) in [4.78, 5) is 57.9. The molecule has 57 heavy (non-hydrogen) atoms. The molecule has 0 unspecified atom stereocenters. The van der Waals surface area contributed by atoms with Crippen LogP contribution in [0.2, 0.25) is 0 Å². The van der Waals surface area contributed by atoms with Gasteiger partial charge in [0.25, 0.3) is 11.7 Å². The van der Waals surface area contributed by atoms with E-state index in [1.807, 2.05) is 26.0 Å². The summed E-state index contributed by atoms with van der Waals surface area (Å²) in [6.45, 7) is 10.9. The van der Waals surface area contributed by atoms with Crippen LogP contribution in [0.15, 0.2) is 23.3 Å². The second-order valence-corrected chi connectivity index (χ2v) is 17.3. The lowest BCUT2D eigenvalue weighted by atomic mass is 9.82. The predicted molar refractivity (Wildman–Crippen MR) is 209 cm³/mol. The van der Waals surface area contributed by atoms with Crippen LogP contribution >= 0.6 is 0 Å². The molecule has 0 aromatic carbocycles. The number of aliphatic hydroxyl groups excluding tert-OH is 2. The number of ketones is 2. The number of allylic oxidation sites excluding steroid dienone is 3. The predicted octanol–water partition coefficient (Wildman–Crippen LogP) is 4.06. The first-order chi connectivity index (χ1) is 26.9. The van der Waals surface area contributed by atoms with Gasteiger partial charge in [0.15, 0.2) is 0 Å². The smallest absolute Gasteiger partial charge is 0.329 e. The summed E-state index contributed by atoms with van der Waals surface area (Å²) in [5.41, 5.74) is 1.60. The number of esters is 1. The van der Waals surface area contributed by atoms with E-state index in [1.165, 1.54) is 21.3 Å². The Morgan fingerprint density at radius 2 is 1.49 bits per heavy atom. The molecule has 0 aromatic rings. The van der Waals surface area contributed by atoms with Gasteiger partial charge < -0.3 is 43.7 Å². The average Bonchev–Trinajstić information content (AvgIpc) is 3.18. The van der Waals surface area contributed by atoms with Crippen LogP contribution in [-0.2, 0) is 47.6 Å². The molecular weight excluding hydrogens is 738 g/mol. The van der Waals surface area contributed by atoms with Crippen molar-refractivity contribution in [2.24, 2.45) is 29.6 Å². The fourth-order valence-corrected chi connectivity index (χ4v) is 9.43. The van der Waals surface area contributed by atoms with Gasteiger partial charge >= 0.3 is 5.97 Å². The third-order valence-electron chi connectivity index (χ3n) is 12.9. The lowest BCUT2D eigenvalue weighted by Gasteiger charge is -2.47. The van der Waals surface area contributed by atoms with Crippen LogP contribution in [0, 0.1) is 29.6 Å². The number of fused-ring (bicyclic) bond motifs is 3. The average molecular weight is 808 g/mol. The number of piperidine rings is 1. The van der Waals surface area contributed by atoms with Crippen LogP contribution in [0.3, 0.4) is 0 Å².